The van der Waals surface area contributed by atoms with E-state index in [-0.39, 0.29) is 5.56 Å². The van der Waals surface area contributed by atoms with Crippen LogP contribution in [0.25, 0.3) is 6.08 Å². The monoisotopic (exact) mass is 248 g/mol. The lowest BCUT2D eigenvalue weighted by Crippen LogP contribution is -2.05. The Kier molecular flexibility index (Phi) is 3.88. The third-order valence-electron chi connectivity index (χ3n) is 1.86. The first-order chi connectivity index (χ1) is 7.82. The maximum absolute atomic E-state index is 12.9. The number of alkyl halides is 3. The van der Waals surface area contributed by atoms with Gasteiger partial charge >= 0.3 is 12.1 Å². The number of carbonyl (C=O) groups excluding carboxylic acids is 1. The number of ether oxygens (including phenoxy) is 1. The maximum atomic E-state index is 12.9. The second-order valence-electron chi connectivity index (χ2n) is 3.13. The Bertz CT molecular complexity index is 449. The molecule has 0 atom stereocenters. The van der Waals surface area contributed by atoms with Gasteiger partial charge in [0.25, 0.3) is 0 Å². The fourth-order valence-electron chi connectivity index (χ4n) is 1.10. The summed E-state index contributed by atoms with van der Waals surface area (Å²) in [6.07, 6.45) is -2.67. The van der Waals surface area contributed by atoms with Gasteiger partial charge in [-0.15, -0.1) is 0 Å². The lowest BCUT2D eigenvalue weighted by molar-refractivity contribution is -0.138. The van der Waals surface area contributed by atoms with Gasteiger partial charge in [-0.05, 0) is 29.8 Å². The number of hydrogen-bond acceptors (Lipinski definition) is 2. The summed E-state index contributed by atoms with van der Waals surface area (Å²) in [4.78, 5) is 10.7. The molecule has 0 saturated carbocycles. The average Bonchev–Trinajstić information content (AvgIpc) is 2.24. The summed E-state index contributed by atoms with van der Waals surface area (Å²) in [6, 6.07) is 2.01. The van der Waals surface area contributed by atoms with Crippen LogP contribution in [0.2, 0.25) is 0 Å². The van der Waals surface area contributed by atoms with E-state index in [1.54, 1.807) is 0 Å². The number of esters is 1. The van der Waals surface area contributed by atoms with Crippen molar-refractivity contribution < 1.29 is 27.1 Å². The Morgan fingerprint density at radius 2 is 1.94 bits per heavy atom. The average molecular weight is 248 g/mol. The third-order valence-corrected chi connectivity index (χ3v) is 1.86. The molecule has 0 spiro atoms. The first kappa shape index (κ1) is 13.2. The molecule has 0 aliphatic heterocycles. The van der Waals surface area contributed by atoms with Crippen molar-refractivity contribution in [1.29, 1.82) is 0 Å². The summed E-state index contributed by atoms with van der Waals surface area (Å²) >= 11 is 0. The van der Waals surface area contributed by atoms with E-state index in [2.05, 4.69) is 4.74 Å². The minimum absolute atomic E-state index is 0.0669. The van der Waals surface area contributed by atoms with Crippen molar-refractivity contribution in [3.63, 3.8) is 0 Å². The summed E-state index contributed by atoms with van der Waals surface area (Å²) in [7, 11) is 1.12. The number of rotatable bonds is 2. The molecule has 0 amide bonds. The van der Waals surface area contributed by atoms with E-state index in [1.165, 1.54) is 0 Å². The molecule has 1 aromatic carbocycles. The Balaban J connectivity index is 3.06. The van der Waals surface area contributed by atoms with Crippen molar-refractivity contribution in [3.05, 3.63) is 41.2 Å². The van der Waals surface area contributed by atoms with Gasteiger partial charge in [0.15, 0.2) is 0 Å². The van der Waals surface area contributed by atoms with E-state index in [1.807, 2.05) is 0 Å². The zero-order chi connectivity index (χ0) is 13.1. The highest BCUT2D eigenvalue weighted by atomic mass is 19.4. The van der Waals surface area contributed by atoms with Crippen LogP contribution in [-0.4, -0.2) is 13.1 Å². The molecule has 2 nitrogen and oxygen atoms in total. The van der Waals surface area contributed by atoms with Crippen LogP contribution in [0.3, 0.4) is 0 Å². The van der Waals surface area contributed by atoms with Gasteiger partial charge in [-0.1, -0.05) is 0 Å². The smallest absolute Gasteiger partial charge is 0.416 e. The van der Waals surface area contributed by atoms with E-state index < -0.39 is 23.5 Å². The lowest BCUT2D eigenvalue weighted by atomic mass is 10.1. The van der Waals surface area contributed by atoms with E-state index in [0.717, 1.165) is 31.4 Å². The molecule has 0 aliphatic rings. The van der Waals surface area contributed by atoms with Gasteiger partial charge in [0.1, 0.15) is 5.82 Å². The SMILES string of the molecule is COC(=O)C=Cc1cc(F)cc(C(F)(F)F)c1. The number of halogens is 4. The zero-order valence-corrected chi connectivity index (χ0v) is 8.72. The highest BCUT2D eigenvalue weighted by molar-refractivity contribution is 5.86. The Labute approximate surface area is 94.5 Å². The Morgan fingerprint density at radius 1 is 1.29 bits per heavy atom. The molecule has 1 aromatic rings. The minimum Gasteiger partial charge on any atom is -0.466 e. The van der Waals surface area contributed by atoms with Crippen molar-refractivity contribution in [2.75, 3.05) is 7.11 Å². The highest BCUT2D eigenvalue weighted by Gasteiger charge is 2.31. The van der Waals surface area contributed by atoms with Crippen molar-refractivity contribution in [3.8, 4) is 0 Å². The molecule has 1 rings (SSSR count). The molecule has 0 radical (unpaired) electrons. The van der Waals surface area contributed by atoms with Crippen LogP contribution in [0.15, 0.2) is 24.3 Å². The van der Waals surface area contributed by atoms with E-state index in [0.29, 0.717) is 6.07 Å². The van der Waals surface area contributed by atoms with Crippen LogP contribution < -0.4 is 0 Å². The molecule has 0 fully saturated rings. The molecule has 6 heteroatoms. The van der Waals surface area contributed by atoms with Crippen LogP contribution in [0.5, 0.6) is 0 Å². The van der Waals surface area contributed by atoms with E-state index >= 15 is 0 Å². The molecule has 0 saturated heterocycles. The zero-order valence-electron chi connectivity index (χ0n) is 8.72. The molecule has 0 N–H and O–H groups in total. The van der Waals surface area contributed by atoms with Gasteiger partial charge in [-0.3, -0.25) is 0 Å². The van der Waals surface area contributed by atoms with Crippen molar-refractivity contribution >= 4 is 12.0 Å². The van der Waals surface area contributed by atoms with Crippen molar-refractivity contribution in [1.82, 2.24) is 0 Å². The third kappa shape index (κ3) is 3.90. The highest BCUT2D eigenvalue weighted by Crippen LogP contribution is 2.30. The van der Waals surface area contributed by atoms with Crippen molar-refractivity contribution in [2.45, 2.75) is 6.18 Å². The van der Waals surface area contributed by atoms with Crippen LogP contribution in [0, 0.1) is 5.82 Å². The van der Waals surface area contributed by atoms with E-state index in [9.17, 15) is 22.4 Å². The van der Waals surface area contributed by atoms with Crippen LogP contribution in [-0.2, 0) is 15.7 Å². The lowest BCUT2D eigenvalue weighted by Gasteiger charge is -2.07. The maximum Gasteiger partial charge on any atom is 0.416 e. The summed E-state index contributed by atoms with van der Waals surface area (Å²) in [6.45, 7) is 0. The molecule has 0 aliphatic carbocycles. The molecule has 0 aromatic heterocycles. The largest absolute Gasteiger partial charge is 0.466 e. The second-order valence-corrected chi connectivity index (χ2v) is 3.13. The number of carbonyl (C=O) groups is 1. The number of benzene rings is 1. The van der Waals surface area contributed by atoms with Gasteiger partial charge < -0.3 is 4.74 Å². The summed E-state index contributed by atoms with van der Waals surface area (Å²) < 4.78 is 54.2. The quantitative estimate of drug-likeness (QED) is 0.457. The molecule has 0 heterocycles. The second kappa shape index (κ2) is 4.99. The van der Waals surface area contributed by atoms with Gasteiger partial charge in [-0.25, -0.2) is 9.18 Å². The van der Waals surface area contributed by atoms with Crippen molar-refractivity contribution in [2.24, 2.45) is 0 Å². The topological polar surface area (TPSA) is 26.3 Å². The first-order valence-corrected chi connectivity index (χ1v) is 4.47. The van der Waals surface area contributed by atoms with Crippen LogP contribution in [0.1, 0.15) is 11.1 Å². The van der Waals surface area contributed by atoms with Crippen LogP contribution in [0.4, 0.5) is 17.6 Å². The molecule has 0 unspecified atom stereocenters. The normalized spacial score (nSPS) is 11.8. The Hall–Kier alpha value is -1.85. The molecule has 0 bridgehead atoms. The summed E-state index contributed by atoms with van der Waals surface area (Å²) in [5.41, 5.74) is -1.18. The van der Waals surface area contributed by atoms with Gasteiger partial charge in [-0.2, -0.15) is 13.2 Å². The molecular weight excluding hydrogens is 240 g/mol. The predicted molar refractivity (Wildman–Crippen MR) is 52.5 cm³/mol. The van der Waals surface area contributed by atoms with Gasteiger partial charge in [0, 0.05) is 6.08 Å². The first-order valence-electron chi connectivity index (χ1n) is 4.47. The van der Waals surface area contributed by atoms with E-state index in [4.69, 9.17) is 0 Å². The molecular formula is C11H8F4O2. The van der Waals surface area contributed by atoms with Gasteiger partial charge in [0.05, 0.1) is 12.7 Å². The predicted octanol–water partition coefficient (Wildman–Crippen LogP) is 3.03. The molecule has 17 heavy (non-hydrogen) atoms. The summed E-state index contributed by atoms with van der Waals surface area (Å²) in [5.74, 6) is -1.76. The fraction of sp³-hybridized carbons (Fsp3) is 0.182. The minimum atomic E-state index is -4.63. The fourth-order valence-corrected chi connectivity index (χ4v) is 1.10. The number of hydrogen-bond donors (Lipinski definition) is 0. The number of methoxy groups -OCH3 is 1. The van der Waals surface area contributed by atoms with Crippen LogP contribution >= 0.6 is 0 Å². The standard InChI is InChI=1S/C11H8F4O2/c1-17-10(16)3-2-7-4-8(11(13,14)15)6-9(12)5-7/h2-6H,1H3. The Morgan fingerprint density at radius 3 is 2.47 bits per heavy atom. The summed E-state index contributed by atoms with van der Waals surface area (Å²) in [5, 5.41) is 0. The molecule has 92 valence electrons. The van der Waals surface area contributed by atoms with Gasteiger partial charge in [0.2, 0.25) is 0 Å².